The number of hydrogen-bond acceptors (Lipinski definition) is 4. The normalized spacial score (nSPS) is 9.62. The molecule has 0 aliphatic heterocycles. The second kappa shape index (κ2) is 5.11. The van der Waals surface area contributed by atoms with Crippen molar-refractivity contribution < 1.29 is 14.5 Å². The van der Waals surface area contributed by atoms with Gasteiger partial charge in [0.2, 0.25) is 0 Å². The number of nitro benzene ring substituents is 1. The summed E-state index contributed by atoms with van der Waals surface area (Å²) in [5.74, 6) is 0. The predicted molar refractivity (Wildman–Crippen MR) is 58.5 cm³/mol. The van der Waals surface area contributed by atoms with Crippen molar-refractivity contribution in [2.75, 3.05) is 18.6 Å². The quantitative estimate of drug-likeness (QED) is 0.582. The number of amides is 1. The molecule has 0 spiro atoms. The van der Waals surface area contributed by atoms with E-state index in [2.05, 4.69) is 0 Å². The number of nitrogens with zero attached hydrogens (tertiary/aromatic N) is 2. The van der Waals surface area contributed by atoms with Crippen molar-refractivity contribution in [3.63, 3.8) is 0 Å². The second-order valence-corrected chi connectivity index (χ2v) is 3.03. The summed E-state index contributed by atoms with van der Waals surface area (Å²) in [5.41, 5.74) is 0.362. The number of non-ortho nitro benzene ring substituents is 1. The minimum Gasteiger partial charge on any atom is -0.449 e. The first kappa shape index (κ1) is 12.0. The van der Waals surface area contributed by atoms with E-state index in [0.717, 1.165) is 0 Å². The molecule has 0 aromatic heterocycles. The van der Waals surface area contributed by atoms with Gasteiger partial charge in [0.05, 0.1) is 17.2 Å². The van der Waals surface area contributed by atoms with Gasteiger partial charge in [0, 0.05) is 19.2 Å². The molecule has 0 aliphatic rings. The molecule has 1 aromatic carbocycles. The zero-order chi connectivity index (χ0) is 12.1. The smallest absolute Gasteiger partial charge is 0.414 e. The summed E-state index contributed by atoms with van der Waals surface area (Å²) < 4.78 is 4.78. The average molecular weight is 224 g/mol. The van der Waals surface area contributed by atoms with Crippen molar-refractivity contribution in [1.29, 1.82) is 0 Å². The van der Waals surface area contributed by atoms with Crippen LogP contribution in [0, 0.1) is 10.1 Å². The minimum atomic E-state index is -0.539. The molecule has 0 saturated carbocycles. The van der Waals surface area contributed by atoms with Crippen molar-refractivity contribution in [2.24, 2.45) is 0 Å². The molecule has 0 fully saturated rings. The third-order valence-electron chi connectivity index (χ3n) is 1.97. The van der Waals surface area contributed by atoms with Crippen LogP contribution in [0.4, 0.5) is 16.2 Å². The van der Waals surface area contributed by atoms with Gasteiger partial charge in [-0.15, -0.1) is 0 Å². The Labute approximate surface area is 92.6 Å². The van der Waals surface area contributed by atoms with Crippen molar-refractivity contribution in [1.82, 2.24) is 0 Å². The third kappa shape index (κ3) is 2.69. The first-order chi connectivity index (χ1) is 7.56. The van der Waals surface area contributed by atoms with Crippen molar-refractivity contribution >= 4 is 17.5 Å². The van der Waals surface area contributed by atoms with E-state index in [0.29, 0.717) is 5.69 Å². The summed E-state index contributed by atoms with van der Waals surface area (Å²) in [7, 11) is 1.50. The Kier molecular flexibility index (Phi) is 3.82. The molecule has 1 amide bonds. The highest BCUT2D eigenvalue weighted by atomic mass is 16.6. The van der Waals surface area contributed by atoms with Gasteiger partial charge in [-0.25, -0.2) is 4.79 Å². The van der Waals surface area contributed by atoms with Gasteiger partial charge in [-0.3, -0.25) is 15.0 Å². The summed E-state index contributed by atoms with van der Waals surface area (Å²) in [6.45, 7) is 1.96. The number of anilines is 1. The Morgan fingerprint density at radius 2 is 2.25 bits per heavy atom. The van der Waals surface area contributed by atoms with Crippen molar-refractivity contribution in [3.05, 3.63) is 34.4 Å². The highest BCUT2D eigenvalue weighted by molar-refractivity contribution is 5.87. The molecule has 1 aromatic rings. The van der Waals surface area contributed by atoms with Crippen LogP contribution in [-0.2, 0) is 4.74 Å². The molecule has 0 atom stereocenters. The standard InChI is InChI=1S/C10H12N2O4/c1-3-16-10(13)11(2)8-5-4-6-9(7-8)12(14)15/h4-7H,3H2,1-2H3. The maximum atomic E-state index is 11.4. The van der Waals surface area contributed by atoms with Crippen LogP contribution in [0.5, 0.6) is 0 Å². The minimum absolute atomic E-state index is 0.0614. The summed E-state index contributed by atoms with van der Waals surface area (Å²) in [6, 6.07) is 5.80. The summed E-state index contributed by atoms with van der Waals surface area (Å²) in [4.78, 5) is 22.6. The van der Waals surface area contributed by atoms with Gasteiger partial charge < -0.3 is 4.74 Å². The Balaban J connectivity index is 2.91. The summed E-state index contributed by atoms with van der Waals surface area (Å²) in [6.07, 6.45) is -0.539. The van der Waals surface area contributed by atoms with E-state index >= 15 is 0 Å². The van der Waals surface area contributed by atoms with E-state index in [1.165, 1.54) is 30.1 Å². The van der Waals surface area contributed by atoms with Gasteiger partial charge in [-0.05, 0) is 13.0 Å². The Bertz CT molecular complexity index is 406. The number of benzene rings is 1. The number of carbonyl (C=O) groups is 1. The third-order valence-corrected chi connectivity index (χ3v) is 1.97. The predicted octanol–water partition coefficient (Wildman–Crippen LogP) is 2.19. The fraction of sp³-hybridized carbons (Fsp3) is 0.300. The van der Waals surface area contributed by atoms with Crippen molar-refractivity contribution in [3.8, 4) is 0 Å². The summed E-state index contributed by atoms with van der Waals surface area (Å²) in [5, 5.41) is 10.5. The lowest BCUT2D eigenvalue weighted by atomic mass is 10.2. The van der Waals surface area contributed by atoms with E-state index in [1.807, 2.05) is 0 Å². The number of nitro groups is 1. The van der Waals surface area contributed by atoms with E-state index < -0.39 is 11.0 Å². The van der Waals surface area contributed by atoms with Crippen LogP contribution in [0.2, 0.25) is 0 Å². The maximum absolute atomic E-state index is 11.4. The molecule has 16 heavy (non-hydrogen) atoms. The lowest BCUT2D eigenvalue weighted by molar-refractivity contribution is -0.384. The average Bonchev–Trinajstić information content (AvgIpc) is 2.28. The lowest BCUT2D eigenvalue weighted by Gasteiger charge is -2.15. The first-order valence-electron chi connectivity index (χ1n) is 4.71. The monoisotopic (exact) mass is 224 g/mol. The van der Waals surface area contributed by atoms with Gasteiger partial charge in [-0.1, -0.05) is 6.07 Å². The Morgan fingerprint density at radius 1 is 1.56 bits per heavy atom. The van der Waals surface area contributed by atoms with E-state index in [-0.39, 0.29) is 12.3 Å². The largest absolute Gasteiger partial charge is 0.449 e. The maximum Gasteiger partial charge on any atom is 0.414 e. The van der Waals surface area contributed by atoms with Gasteiger partial charge in [0.25, 0.3) is 5.69 Å². The molecular formula is C10H12N2O4. The van der Waals surface area contributed by atoms with Crippen molar-refractivity contribution in [2.45, 2.75) is 6.92 Å². The summed E-state index contributed by atoms with van der Waals surface area (Å²) >= 11 is 0. The van der Waals surface area contributed by atoms with E-state index in [4.69, 9.17) is 4.74 Å². The second-order valence-electron chi connectivity index (χ2n) is 3.03. The molecule has 0 radical (unpaired) electrons. The fourth-order valence-corrected chi connectivity index (χ4v) is 1.14. The molecule has 86 valence electrons. The van der Waals surface area contributed by atoms with Crippen LogP contribution >= 0.6 is 0 Å². The first-order valence-corrected chi connectivity index (χ1v) is 4.71. The van der Waals surface area contributed by atoms with Crippen LogP contribution < -0.4 is 4.90 Å². The molecular weight excluding hydrogens is 212 g/mol. The van der Waals surface area contributed by atoms with Crippen LogP contribution in [0.3, 0.4) is 0 Å². The molecule has 6 heteroatoms. The Hall–Kier alpha value is -2.11. The van der Waals surface area contributed by atoms with E-state index in [9.17, 15) is 14.9 Å². The molecule has 1 rings (SSSR count). The zero-order valence-corrected chi connectivity index (χ0v) is 9.04. The van der Waals surface area contributed by atoms with Gasteiger partial charge >= 0.3 is 6.09 Å². The number of hydrogen-bond donors (Lipinski definition) is 0. The topological polar surface area (TPSA) is 72.7 Å². The highest BCUT2D eigenvalue weighted by Crippen LogP contribution is 2.20. The molecule has 0 heterocycles. The van der Waals surface area contributed by atoms with Crippen LogP contribution in [-0.4, -0.2) is 24.7 Å². The van der Waals surface area contributed by atoms with Gasteiger partial charge in [0.1, 0.15) is 0 Å². The SMILES string of the molecule is CCOC(=O)N(C)c1cccc([N+](=O)[O-])c1. The van der Waals surface area contributed by atoms with E-state index in [1.54, 1.807) is 13.0 Å². The number of ether oxygens (including phenoxy) is 1. The number of rotatable bonds is 3. The van der Waals surface area contributed by atoms with Gasteiger partial charge in [-0.2, -0.15) is 0 Å². The van der Waals surface area contributed by atoms with Crippen LogP contribution in [0.25, 0.3) is 0 Å². The molecule has 0 unspecified atom stereocenters. The Morgan fingerprint density at radius 3 is 2.81 bits per heavy atom. The molecule has 6 nitrogen and oxygen atoms in total. The highest BCUT2D eigenvalue weighted by Gasteiger charge is 2.14. The molecule has 0 aliphatic carbocycles. The molecule has 0 N–H and O–H groups in total. The zero-order valence-electron chi connectivity index (χ0n) is 9.04. The van der Waals surface area contributed by atoms with Crippen LogP contribution in [0.1, 0.15) is 6.92 Å². The molecule has 0 bridgehead atoms. The molecule has 0 saturated heterocycles. The number of carbonyl (C=O) groups excluding carboxylic acids is 1. The van der Waals surface area contributed by atoms with Crippen LogP contribution in [0.15, 0.2) is 24.3 Å². The lowest BCUT2D eigenvalue weighted by Crippen LogP contribution is -2.26. The van der Waals surface area contributed by atoms with Gasteiger partial charge in [0.15, 0.2) is 0 Å². The fourth-order valence-electron chi connectivity index (χ4n) is 1.14.